The highest BCUT2D eigenvalue weighted by Crippen LogP contribution is 2.17. The van der Waals surface area contributed by atoms with E-state index >= 15 is 0 Å². The van der Waals surface area contributed by atoms with Crippen LogP contribution in [0.5, 0.6) is 5.75 Å². The van der Waals surface area contributed by atoms with E-state index < -0.39 is 0 Å². The monoisotopic (exact) mass is 264 g/mol. The van der Waals surface area contributed by atoms with Gasteiger partial charge in [-0.15, -0.1) is 0 Å². The second-order valence-corrected chi connectivity index (χ2v) is 6.34. The van der Waals surface area contributed by atoms with E-state index in [4.69, 9.17) is 4.74 Å². The first-order valence-corrected chi connectivity index (χ1v) is 7.08. The Kier molecular flexibility index (Phi) is 6.16. The quantitative estimate of drug-likeness (QED) is 0.739. The van der Waals surface area contributed by atoms with Gasteiger partial charge >= 0.3 is 0 Å². The molecule has 0 aliphatic carbocycles. The molecule has 3 nitrogen and oxygen atoms in total. The van der Waals surface area contributed by atoms with E-state index in [1.54, 1.807) is 0 Å². The largest absolute Gasteiger partial charge is 0.493 e. The van der Waals surface area contributed by atoms with Crippen molar-refractivity contribution in [1.29, 1.82) is 0 Å². The Morgan fingerprint density at radius 2 is 1.89 bits per heavy atom. The molecule has 19 heavy (non-hydrogen) atoms. The van der Waals surface area contributed by atoms with Crippen LogP contribution < -0.4 is 15.4 Å². The summed E-state index contributed by atoms with van der Waals surface area (Å²) in [4.78, 5) is 0. The minimum Gasteiger partial charge on any atom is -0.493 e. The first-order valence-electron chi connectivity index (χ1n) is 7.08. The molecule has 0 heterocycles. The van der Waals surface area contributed by atoms with Crippen molar-refractivity contribution in [2.75, 3.05) is 25.0 Å². The second-order valence-electron chi connectivity index (χ2n) is 6.34. The van der Waals surface area contributed by atoms with Crippen LogP contribution in [0.15, 0.2) is 24.3 Å². The Bertz CT molecular complexity index is 369. The molecule has 0 radical (unpaired) electrons. The maximum Gasteiger partial charge on any atom is 0.121 e. The highest BCUT2D eigenvalue weighted by atomic mass is 16.5. The van der Waals surface area contributed by atoms with Crippen molar-refractivity contribution in [2.24, 2.45) is 5.92 Å². The molecule has 0 amide bonds. The number of anilines is 1. The Morgan fingerprint density at radius 1 is 1.16 bits per heavy atom. The third kappa shape index (κ3) is 7.73. The summed E-state index contributed by atoms with van der Waals surface area (Å²) in [5.74, 6) is 1.48. The van der Waals surface area contributed by atoms with Crippen molar-refractivity contribution in [3.05, 3.63) is 24.3 Å². The van der Waals surface area contributed by atoms with E-state index in [2.05, 4.69) is 57.4 Å². The van der Waals surface area contributed by atoms with Crippen LogP contribution in [-0.2, 0) is 0 Å². The van der Waals surface area contributed by atoms with Crippen LogP contribution in [0.4, 0.5) is 5.69 Å². The van der Waals surface area contributed by atoms with Gasteiger partial charge in [-0.1, -0.05) is 19.9 Å². The van der Waals surface area contributed by atoms with Gasteiger partial charge in [0.25, 0.3) is 0 Å². The summed E-state index contributed by atoms with van der Waals surface area (Å²) >= 11 is 0. The lowest BCUT2D eigenvalue weighted by Crippen LogP contribution is -2.38. The molecule has 1 aromatic carbocycles. The minimum absolute atomic E-state index is 0.171. The summed E-state index contributed by atoms with van der Waals surface area (Å²) in [6.07, 6.45) is 0. The van der Waals surface area contributed by atoms with Gasteiger partial charge in [0.2, 0.25) is 0 Å². The second kappa shape index (κ2) is 7.39. The standard InChI is InChI=1S/C16H28N2O/c1-13(2)12-19-15-8-6-7-14(11-15)17-9-10-18-16(3,4)5/h6-8,11,13,17-18H,9-10,12H2,1-5H3. The number of benzene rings is 1. The molecule has 0 aliphatic heterocycles. The molecular formula is C16H28N2O. The maximum atomic E-state index is 5.71. The molecule has 0 unspecified atom stereocenters. The highest BCUT2D eigenvalue weighted by molar-refractivity contribution is 5.48. The van der Waals surface area contributed by atoms with E-state index in [1.807, 2.05) is 12.1 Å². The predicted octanol–water partition coefficient (Wildman–Crippen LogP) is 3.52. The zero-order valence-electron chi connectivity index (χ0n) is 12.9. The maximum absolute atomic E-state index is 5.71. The minimum atomic E-state index is 0.171. The van der Waals surface area contributed by atoms with Crippen LogP contribution in [0, 0.1) is 5.92 Å². The van der Waals surface area contributed by atoms with Crippen molar-refractivity contribution < 1.29 is 4.74 Å². The van der Waals surface area contributed by atoms with Crippen LogP contribution in [0.2, 0.25) is 0 Å². The molecule has 0 bridgehead atoms. The van der Waals surface area contributed by atoms with Crippen LogP contribution in [0.25, 0.3) is 0 Å². The van der Waals surface area contributed by atoms with Crippen molar-refractivity contribution in [3.63, 3.8) is 0 Å². The smallest absolute Gasteiger partial charge is 0.121 e. The van der Waals surface area contributed by atoms with Gasteiger partial charge in [-0.3, -0.25) is 0 Å². The van der Waals surface area contributed by atoms with Crippen LogP contribution in [0.1, 0.15) is 34.6 Å². The van der Waals surface area contributed by atoms with Crippen LogP contribution >= 0.6 is 0 Å². The van der Waals surface area contributed by atoms with E-state index in [-0.39, 0.29) is 5.54 Å². The molecule has 0 aromatic heterocycles. The summed E-state index contributed by atoms with van der Waals surface area (Å²) in [6, 6.07) is 8.15. The summed E-state index contributed by atoms with van der Waals surface area (Å²) in [7, 11) is 0. The van der Waals surface area contributed by atoms with Gasteiger partial charge in [-0.2, -0.15) is 0 Å². The SMILES string of the molecule is CC(C)COc1cccc(NCCNC(C)(C)C)c1. The number of hydrogen-bond acceptors (Lipinski definition) is 3. The summed E-state index contributed by atoms with van der Waals surface area (Å²) in [6.45, 7) is 13.4. The van der Waals surface area contributed by atoms with Crippen molar-refractivity contribution in [2.45, 2.75) is 40.2 Å². The van der Waals surface area contributed by atoms with Gasteiger partial charge in [0.05, 0.1) is 6.61 Å². The van der Waals surface area contributed by atoms with Crippen molar-refractivity contribution in [1.82, 2.24) is 5.32 Å². The number of rotatable bonds is 7. The van der Waals surface area contributed by atoms with E-state index in [1.165, 1.54) is 0 Å². The van der Waals surface area contributed by atoms with Gasteiger partial charge in [0, 0.05) is 30.4 Å². The number of ether oxygens (including phenoxy) is 1. The molecule has 1 aromatic rings. The fourth-order valence-electron chi connectivity index (χ4n) is 1.60. The normalized spacial score (nSPS) is 11.7. The molecule has 2 N–H and O–H groups in total. The Hall–Kier alpha value is -1.22. The molecule has 3 heteroatoms. The molecule has 0 saturated heterocycles. The molecule has 0 spiro atoms. The van der Waals surface area contributed by atoms with E-state index in [9.17, 15) is 0 Å². The molecule has 108 valence electrons. The lowest BCUT2D eigenvalue weighted by Gasteiger charge is -2.20. The topological polar surface area (TPSA) is 33.3 Å². The molecule has 0 saturated carbocycles. The molecule has 0 atom stereocenters. The number of hydrogen-bond donors (Lipinski definition) is 2. The van der Waals surface area contributed by atoms with E-state index in [0.717, 1.165) is 31.1 Å². The molecular weight excluding hydrogens is 236 g/mol. The van der Waals surface area contributed by atoms with E-state index in [0.29, 0.717) is 5.92 Å². The summed E-state index contributed by atoms with van der Waals surface area (Å²) < 4.78 is 5.71. The first kappa shape index (κ1) is 15.8. The average Bonchev–Trinajstić information content (AvgIpc) is 2.32. The lowest BCUT2D eigenvalue weighted by molar-refractivity contribution is 0.271. The number of nitrogens with one attached hydrogen (secondary N) is 2. The fourth-order valence-corrected chi connectivity index (χ4v) is 1.60. The highest BCUT2D eigenvalue weighted by Gasteiger charge is 2.07. The lowest BCUT2D eigenvalue weighted by atomic mass is 10.1. The predicted molar refractivity (Wildman–Crippen MR) is 83.0 cm³/mol. The van der Waals surface area contributed by atoms with Gasteiger partial charge in [0.1, 0.15) is 5.75 Å². The van der Waals surface area contributed by atoms with Crippen molar-refractivity contribution >= 4 is 5.69 Å². The average molecular weight is 264 g/mol. The summed E-state index contributed by atoms with van der Waals surface area (Å²) in [5, 5.41) is 6.86. The molecule has 1 rings (SSSR count). The van der Waals surface area contributed by atoms with Gasteiger partial charge in [0.15, 0.2) is 0 Å². The van der Waals surface area contributed by atoms with Crippen molar-refractivity contribution in [3.8, 4) is 5.75 Å². The summed E-state index contributed by atoms with van der Waals surface area (Å²) in [5.41, 5.74) is 1.28. The Morgan fingerprint density at radius 3 is 2.53 bits per heavy atom. The third-order valence-electron chi connectivity index (χ3n) is 2.53. The fraction of sp³-hybridized carbons (Fsp3) is 0.625. The zero-order chi connectivity index (χ0) is 14.3. The zero-order valence-corrected chi connectivity index (χ0v) is 12.9. The van der Waals surface area contributed by atoms with Crippen LogP contribution in [-0.4, -0.2) is 25.2 Å². The Labute approximate surface area is 117 Å². The third-order valence-corrected chi connectivity index (χ3v) is 2.53. The van der Waals surface area contributed by atoms with Gasteiger partial charge < -0.3 is 15.4 Å². The molecule has 0 aliphatic rings. The van der Waals surface area contributed by atoms with Gasteiger partial charge in [-0.05, 0) is 38.8 Å². The van der Waals surface area contributed by atoms with Crippen LogP contribution in [0.3, 0.4) is 0 Å². The first-order chi connectivity index (χ1) is 8.87. The Balaban J connectivity index is 2.35. The molecule has 0 fully saturated rings. The van der Waals surface area contributed by atoms with Gasteiger partial charge in [-0.25, -0.2) is 0 Å².